The van der Waals surface area contributed by atoms with E-state index in [1.165, 1.54) is 0 Å². The van der Waals surface area contributed by atoms with Crippen LogP contribution in [0.5, 0.6) is 0 Å². The summed E-state index contributed by atoms with van der Waals surface area (Å²) in [6, 6.07) is 18.2. The van der Waals surface area contributed by atoms with Gasteiger partial charge in [0, 0.05) is 7.05 Å². The van der Waals surface area contributed by atoms with Crippen LogP contribution in [0.15, 0.2) is 54.6 Å². The van der Waals surface area contributed by atoms with Crippen molar-refractivity contribution in [3.8, 4) is 21.6 Å². The Kier molecular flexibility index (Phi) is 4.25. The van der Waals surface area contributed by atoms with E-state index in [4.69, 9.17) is 11.6 Å². The van der Waals surface area contributed by atoms with Crippen molar-refractivity contribution in [1.29, 1.82) is 0 Å². The number of halogens is 1. The minimum Gasteiger partial charge on any atom is -0.481 e. The topological polar surface area (TPSA) is 49.3 Å². The van der Waals surface area contributed by atoms with Gasteiger partial charge < -0.3 is 10.4 Å². The summed E-state index contributed by atoms with van der Waals surface area (Å²) in [4.78, 5) is 12.6. The van der Waals surface area contributed by atoms with E-state index in [2.05, 4.69) is 29.6 Å². The number of hydrogen-bond donors (Lipinski definition) is 2. The fourth-order valence-corrected chi connectivity index (χ4v) is 4.55. The van der Waals surface area contributed by atoms with Gasteiger partial charge in [0.1, 0.15) is 0 Å². The van der Waals surface area contributed by atoms with Crippen molar-refractivity contribution in [2.24, 2.45) is 0 Å². The Bertz CT molecular complexity index is 957. The molecule has 0 bridgehead atoms. The molecule has 2 aromatic carbocycles. The Morgan fingerprint density at radius 2 is 1.58 bits per heavy atom. The summed E-state index contributed by atoms with van der Waals surface area (Å²) >= 11 is 7.69. The smallest absolute Gasteiger partial charge is 0.314 e. The van der Waals surface area contributed by atoms with E-state index < -0.39 is 11.4 Å². The van der Waals surface area contributed by atoms with Gasteiger partial charge in [0.2, 0.25) is 0 Å². The largest absolute Gasteiger partial charge is 0.481 e. The number of benzene rings is 2. The van der Waals surface area contributed by atoms with E-state index in [1.54, 1.807) is 11.3 Å². The molecule has 0 aliphatic heterocycles. The third kappa shape index (κ3) is 2.89. The summed E-state index contributed by atoms with van der Waals surface area (Å²) in [5, 5.41) is 12.6. The Morgan fingerprint density at radius 1 is 1.04 bits per heavy atom. The number of rotatable bonds is 5. The average molecular weight is 384 g/mol. The molecular formula is C21H18ClNO2S. The molecule has 0 spiro atoms. The van der Waals surface area contributed by atoms with Gasteiger partial charge in [-0.1, -0.05) is 60.1 Å². The lowest BCUT2D eigenvalue weighted by molar-refractivity contribution is -0.140. The molecule has 3 nitrogen and oxygen atoms in total. The summed E-state index contributed by atoms with van der Waals surface area (Å²) in [6.45, 7) is 0. The second kappa shape index (κ2) is 6.45. The van der Waals surface area contributed by atoms with E-state index in [0.717, 1.165) is 50.0 Å². The normalized spacial score (nSPS) is 14.8. The van der Waals surface area contributed by atoms with E-state index in [0.29, 0.717) is 0 Å². The quantitative estimate of drug-likeness (QED) is 0.577. The summed E-state index contributed by atoms with van der Waals surface area (Å²) in [5.41, 5.74) is 4.59. The molecule has 0 unspecified atom stereocenters. The van der Waals surface area contributed by atoms with Crippen LogP contribution in [-0.2, 0) is 10.2 Å². The average Bonchev–Trinajstić information content (AvgIpc) is 3.39. The van der Waals surface area contributed by atoms with Crippen LogP contribution in [0.25, 0.3) is 21.6 Å². The Balaban J connectivity index is 1.60. The minimum absolute atomic E-state index is 0.648. The molecule has 0 saturated heterocycles. The molecule has 1 aliphatic carbocycles. The SMILES string of the molecule is CNc1cc(Cl)sc1-c1ccc(-c2ccc(C3(C(=O)O)CC3)cc2)cc1. The molecule has 1 aliphatic rings. The Hall–Kier alpha value is -2.30. The van der Waals surface area contributed by atoms with Crippen LogP contribution < -0.4 is 5.32 Å². The van der Waals surface area contributed by atoms with Crippen LogP contribution >= 0.6 is 22.9 Å². The number of nitrogens with one attached hydrogen (secondary N) is 1. The molecule has 0 amide bonds. The minimum atomic E-state index is -0.718. The first-order valence-electron chi connectivity index (χ1n) is 8.45. The molecule has 132 valence electrons. The summed E-state index contributed by atoms with van der Waals surface area (Å²) in [5.74, 6) is -0.718. The standard InChI is InChI=1S/C21H18ClNO2S/c1-23-17-12-18(22)26-19(17)15-4-2-13(3-5-15)14-6-8-16(9-7-14)21(10-11-21)20(24)25/h2-9,12,23H,10-11H2,1H3,(H,24,25). The van der Waals surface area contributed by atoms with Crippen LogP contribution in [0, 0.1) is 0 Å². The number of hydrogen-bond acceptors (Lipinski definition) is 3. The molecule has 1 fully saturated rings. The lowest BCUT2D eigenvalue weighted by Crippen LogP contribution is -2.19. The van der Waals surface area contributed by atoms with Crippen LogP contribution in [0.4, 0.5) is 5.69 Å². The molecule has 26 heavy (non-hydrogen) atoms. The Labute approximate surface area is 161 Å². The molecule has 0 radical (unpaired) electrons. The second-order valence-corrected chi connectivity index (χ2v) is 8.27. The third-order valence-corrected chi connectivity index (χ3v) is 6.36. The summed E-state index contributed by atoms with van der Waals surface area (Å²) in [7, 11) is 1.89. The van der Waals surface area contributed by atoms with Gasteiger partial charge in [-0.15, -0.1) is 11.3 Å². The molecule has 1 aromatic heterocycles. The van der Waals surface area contributed by atoms with Gasteiger partial charge in [0.05, 0.1) is 20.3 Å². The monoisotopic (exact) mass is 383 g/mol. The molecule has 1 heterocycles. The van der Waals surface area contributed by atoms with Crippen molar-refractivity contribution >= 4 is 34.6 Å². The molecular weight excluding hydrogens is 366 g/mol. The van der Waals surface area contributed by atoms with Gasteiger partial charge in [0.15, 0.2) is 0 Å². The summed E-state index contributed by atoms with van der Waals surface area (Å²) in [6.07, 6.45) is 1.46. The zero-order valence-electron chi connectivity index (χ0n) is 14.3. The number of carboxylic acid groups (broad SMARTS) is 1. The van der Waals surface area contributed by atoms with Crippen molar-refractivity contribution in [1.82, 2.24) is 0 Å². The van der Waals surface area contributed by atoms with Crippen molar-refractivity contribution in [2.75, 3.05) is 12.4 Å². The van der Waals surface area contributed by atoms with Gasteiger partial charge in [-0.05, 0) is 41.2 Å². The fourth-order valence-electron chi connectivity index (χ4n) is 3.31. The maximum absolute atomic E-state index is 11.5. The first kappa shape index (κ1) is 17.1. The first-order chi connectivity index (χ1) is 12.5. The molecule has 3 aromatic rings. The molecule has 0 atom stereocenters. The van der Waals surface area contributed by atoms with Gasteiger partial charge >= 0.3 is 5.97 Å². The second-order valence-electron chi connectivity index (χ2n) is 6.59. The number of anilines is 1. The van der Waals surface area contributed by atoms with E-state index >= 15 is 0 Å². The van der Waals surface area contributed by atoms with Crippen LogP contribution in [0.2, 0.25) is 4.34 Å². The van der Waals surface area contributed by atoms with Crippen LogP contribution in [0.3, 0.4) is 0 Å². The highest BCUT2D eigenvalue weighted by Crippen LogP contribution is 2.48. The van der Waals surface area contributed by atoms with Gasteiger partial charge in [0.25, 0.3) is 0 Å². The van der Waals surface area contributed by atoms with Crippen LogP contribution in [-0.4, -0.2) is 18.1 Å². The molecule has 2 N–H and O–H groups in total. The molecule has 5 heteroatoms. The Morgan fingerprint density at radius 3 is 2.08 bits per heavy atom. The number of aliphatic carboxylic acids is 1. The van der Waals surface area contributed by atoms with Crippen LogP contribution in [0.1, 0.15) is 18.4 Å². The highest BCUT2D eigenvalue weighted by atomic mass is 35.5. The third-order valence-electron chi connectivity index (χ3n) is 5.05. The maximum atomic E-state index is 11.5. The predicted molar refractivity (Wildman–Crippen MR) is 108 cm³/mol. The molecule has 1 saturated carbocycles. The lowest BCUT2D eigenvalue weighted by Gasteiger charge is -2.11. The zero-order valence-corrected chi connectivity index (χ0v) is 15.8. The van der Waals surface area contributed by atoms with E-state index in [1.807, 2.05) is 37.4 Å². The fraction of sp³-hybridized carbons (Fsp3) is 0.190. The highest BCUT2D eigenvalue weighted by Gasteiger charge is 2.51. The van der Waals surface area contributed by atoms with Gasteiger partial charge in [-0.3, -0.25) is 4.79 Å². The van der Waals surface area contributed by atoms with Crippen molar-refractivity contribution in [2.45, 2.75) is 18.3 Å². The highest BCUT2D eigenvalue weighted by molar-refractivity contribution is 7.20. The maximum Gasteiger partial charge on any atom is 0.314 e. The zero-order chi connectivity index (χ0) is 18.3. The molecule has 4 rings (SSSR count). The van der Waals surface area contributed by atoms with Crippen molar-refractivity contribution < 1.29 is 9.90 Å². The van der Waals surface area contributed by atoms with Gasteiger partial charge in [-0.25, -0.2) is 0 Å². The first-order valence-corrected chi connectivity index (χ1v) is 9.65. The predicted octanol–water partition coefficient (Wildman–Crippen LogP) is 5.89. The van der Waals surface area contributed by atoms with E-state index in [-0.39, 0.29) is 0 Å². The van der Waals surface area contributed by atoms with Crippen molar-refractivity contribution in [3.63, 3.8) is 0 Å². The summed E-state index contributed by atoms with van der Waals surface area (Å²) < 4.78 is 0.761. The lowest BCUT2D eigenvalue weighted by atomic mass is 9.93. The van der Waals surface area contributed by atoms with Gasteiger partial charge in [-0.2, -0.15) is 0 Å². The number of carbonyl (C=O) groups is 1. The number of carboxylic acids is 1. The van der Waals surface area contributed by atoms with E-state index in [9.17, 15) is 9.90 Å². The van der Waals surface area contributed by atoms with Crippen molar-refractivity contribution in [3.05, 3.63) is 64.5 Å². The number of thiophene rings is 1.